The molecule has 0 radical (unpaired) electrons. The number of para-hydroxylation sites is 1. The van der Waals surface area contributed by atoms with Crippen molar-refractivity contribution >= 4 is 0 Å². The quantitative estimate of drug-likeness (QED) is 0.807. The van der Waals surface area contributed by atoms with Crippen molar-refractivity contribution in [3.05, 3.63) is 30.1 Å². The van der Waals surface area contributed by atoms with Crippen LogP contribution in [0.25, 0.3) is 0 Å². The van der Waals surface area contributed by atoms with Gasteiger partial charge in [0.15, 0.2) is 11.6 Å². The molecule has 1 fully saturated rings. The third kappa shape index (κ3) is 4.46. The second-order valence-corrected chi connectivity index (χ2v) is 5.64. The summed E-state index contributed by atoms with van der Waals surface area (Å²) in [5, 5.41) is 13.2. The first kappa shape index (κ1) is 15.3. The van der Waals surface area contributed by atoms with Crippen molar-refractivity contribution in [2.75, 3.05) is 13.2 Å². The van der Waals surface area contributed by atoms with Crippen molar-refractivity contribution in [3.63, 3.8) is 0 Å². The largest absolute Gasteiger partial charge is 0.488 e. The molecule has 0 heterocycles. The minimum absolute atomic E-state index is 0.102. The number of halogens is 1. The Balaban J connectivity index is 1.67. The predicted molar refractivity (Wildman–Crippen MR) is 77.3 cm³/mol. The van der Waals surface area contributed by atoms with Crippen LogP contribution in [0.1, 0.15) is 32.6 Å². The molecule has 1 aromatic rings. The van der Waals surface area contributed by atoms with Gasteiger partial charge in [-0.05, 0) is 37.8 Å². The first-order valence-corrected chi connectivity index (χ1v) is 7.45. The predicted octanol–water partition coefficient (Wildman–Crippen LogP) is 2.73. The van der Waals surface area contributed by atoms with Gasteiger partial charge < -0.3 is 15.2 Å². The highest BCUT2D eigenvalue weighted by atomic mass is 19.1. The van der Waals surface area contributed by atoms with E-state index >= 15 is 0 Å². The number of hydrogen-bond acceptors (Lipinski definition) is 3. The number of benzene rings is 1. The summed E-state index contributed by atoms with van der Waals surface area (Å²) in [4.78, 5) is 0. The Bertz CT molecular complexity index is 407. The van der Waals surface area contributed by atoms with Gasteiger partial charge >= 0.3 is 0 Å². The number of rotatable bonds is 7. The van der Waals surface area contributed by atoms with Crippen LogP contribution in [0.4, 0.5) is 4.39 Å². The van der Waals surface area contributed by atoms with Crippen molar-refractivity contribution in [2.45, 2.75) is 44.8 Å². The van der Waals surface area contributed by atoms with E-state index < -0.39 is 11.9 Å². The summed E-state index contributed by atoms with van der Waals surface area (Å²) >= 11 is 0. The molecule has 0 aliphatic heterocycles. The lowest BCUT2D eigenvalue weighted by Gasteiger charge is -2.22. The van der Waals surface area contributed by atoms with E-state index in [0.29, 0.717) is 12.6 Å². The highest BCUT2D eigenvalue weighted by molar-refractivity contribution is 5.23. The topological polar surface area (TPSA) is 41.5 Å². The maximum atomic E-state index is 13.3. The Labute approximate surface area is 120 Å². The van der Waals surface area contributed by atoms with E-state index in [1.54, 1.807) is 18.2 Å². The van der Waals surface area contributed by atoms with E-state index in [4.69, 9.17) is 4.74 Å². The van der Waals surface area contributed by atoms with Crippen molar-refractivity contribution in [3.8, 4) is 5.75 Å². The van der Waals surface area contributed by atoms with E-state index in [0.717, 1.165) is 5.92 Å². The number of hydrogen-bond donors (Lipinski definition) is 2. The summed E-state index contributed by atoms with van der Waals surface area (Å²) in [5.41, 5.74) is 0. The first-order chi connectivity index (χ1) is 9.66. The zero-order chi connectivity index (χ0) is 14.4. The highest BCUT2D eigenvalue weighted by Gasteiger charge is 2.21. The van der Waals surface area contributed by atoms with Crippen LogP contribution < -0.4 is 10.1 Å². The van der Waals surface area contributed by atoms with E-state index in [-0.39, 0.29) is 12.4 Å². The van der Waals surface area contributed by atoms with E-state index in [9.17, 15) is 9.50 Å². The lowest BCUT2D eigenvalue weighted by atomic mass is 10.00. The molecule has 2 atom stereocenters. The number of aliphatic hydroxyl groups excluding tert-OH is 1. The van der Waals surface area contributed by atoms with Crippen molar-refractivity contribution in [1.82, 2.24) is 5.32 Å². The van der Waals surface area contributed by atoms with Crippen LogP contribution in [-0.4, -0.2) is 30.4 Å². The van der Waals surface area contributed by atoms with E-state index in [1.165, 1.54) is 31.7 Å². The second kappa shape index (κ2) is 7.60. The lowest BCUT2D eigenvalue weighted by molar-refractivity contribution is 0.0995. The van der Waals surface area contributed by atoms with Gasteiger partial charge in [0.2, 0.25) is 0 Å². The summed E-state index contributed by atoms with van der Waals surface area (Å²) in [5.74, 6) is 0.511. The number of ether oxygens (including phenoxy) is 1. The molecule has 1 unspecified atom stereocenters. The Morgan fingerprint density at radius 2 is 2.05 bits per heavy atom. The highest BCUT2D eigenvalue weighted by Crippen LogP contribution is 2.27. The zero-order valence-corrected chi connectivity index (χ0v) is 12.0. The average molecular weight is 281 g/mol. The lowest BCUT2D eigenvalue weighted by Crippen LogP contribution is -2.39. The van der Waals surface area contributed by atoms with Gasteiger partial charge in [0.1, 0.15) is 12.7 Å². The summed E-state index contributed by atoms with van der Waals surface area (Å²) in [6.07, 6.45) is 4.55. The van der Waals surface area contributed by atoms with Gasteiger partial charge in [0.25, 0.3) is 0 Å². The second-order valence-electron chi connectivity index (χ2n) is 5.64. The van der Waals surface area contributed by atoms with Gasteiger partial charge in [0, 0.05) is 12.6 Å². The fourth-order valence-electron chi connectivity index (χ4n) is 2.75. The average Bonchev–Trinajstić information content (AvgIpc) is 2.98. The Morgan fingerprint density at radius 1 is 1.35 bits per heavy atom. The molecular weight excluding hydrogens is 257 g/mol. The summed E-state index contributed by atoms with van der Waals surface area (Å²) in [7, 11) is 0. The molecular formula is C16H24FNO2. The molecule has 1 aromatic carbocycles. The van der Waals surface area contributed by atoms with Crippen LogP contribution in [0.5, 0.6) is 5.75 Å². The van der Waals surface area contributed by atoms with Crippen molar-refractivity contribution < 1.29 is 14.2 Å². The molecule has 0 spiro atoms. The fraction of sp³-hybridized carbons (Fsp3) is 0.625. The monoisotopic (exact) mass is 281 g/mol. The molecule has 1 aliphatic rings. The van der Waals surface area contributed by atoms with Gasteiger partial charge in [0.05, 0.1) is 0 Å². The standard InChI is InChI=1S/C16H24FNO2/c1-12(13-6-2-3-7-13)18-10-14(19)11-20-16-9-5-4-8-15(16)17/h4-5,8-9,12-14,18-19H,2-3,6-7,10-11H2,1H3/t12-,14?/m1/s1. The molecule has 3 nitrogen and oxygen atoms in total. The molecule has 0 amide bonds. The minimum atomic E-state index is -0.626. The normalized spacial score (nSPS) is 18.9. The fourth-order valence-corrected chi connectivity index (χ4v) is 2.75. The third-order valence-electron chi connectivity index (χ3n) is 4.05. The van der Waals surface area contributed by atoms with Gasteiger partial charge in [-0.1, -0.05) is 25.0 Å². The molecule has 1 aliphatic carbocycles. The Morgan fingerprint density at radius 3 is 2.75 bits per heavy atom. The summed E-state index contributed by atoms with van der Waals surface area (Å²) in [6.45, 7) is 2.75. The zero-order valence-electron chi connectivity index (χ0n) is 12.0. The Kier molecular flexibility index (Phi) is 5.80. The third-order valence-corrected chi connectivity index (χ3v) is 4.05. The van der Waals surface area contributed by atoms with Crippen LogP contribution in [0.3, 0.4) is 0 Å². The van der Waals surface area contributed by atoms with Gasteiger partial charge in [-0.15, -0.1) is 0 Å². The molecule has 0 saturated heterocycles. The maximum absolute atomic E-state index is 13.3. The smallest absolute Gasteiger partial charge is 0.165 e. The van der Waals surface area contributed by atoms with Crippen molar-refractivity contribution in [1.29, 1.82) is 0 Å². The first-order valence-electron chi connectivity index (χ1n) is 7.45. The van der Waals surface area contributed by atoms with Crippen molar-refractivity contribution in [2.24, 2.45) is 5.92 Å². The number of nitrogens with one attached hydrogen (secondary N) is 1. The summed E-state index contributed by atoms with van der Waals surface area (Å²) < 4.78 is 18.6. The Hall–Kier alpha value is -1.13. The molecule has 0 bridgehead atoms. The van der Waals surface area contributed by atoms with E-state index in [1.807, 2.05) is 0 Å². The molecule has 0 aromatic heterocycles. The molecule has 2 rings (SSSR count). The molecule has 112 valence electrons. The molecule has 20 heavy (non-hydrogen) atoms. The van der Waals surface area contributed by atoms with Gasteiger partial charge in [-0.2, -0.15) is 0 Å². The maximum Gasteiger partial charge on any atom is 0.165 e. The van der Waals surface area contributed by atoms with Crippen LogP contribution >= 0.6 is 0 Å². The molecule has 4 heteroatoms. The van der Waals surface area contributed by atoms with Crippen LogP contribution in [0.15, 0.2) is 24.3 Å². The van der Waals surface area contributed by atoms with E-state index in [2.05, 4.69) is 12.2 Å². The van der Waals surface area contributed by atoms with Crippen LogP contribution in [0, 0.1) is 11.7 Å². The van der Waals surface area contributed by atoms with Gasteiger partial charge in [-0.25, -0.2) is 4.39 Å². The summed E-state index contributed by atoms with van der Waals surface area (Å²) in [6, 6.07) is 6.66. The van der Waals surface area contributed by atoms with Crippen LogP contribution in [0.2, 0.25) is 0 Å². The SMILES string of the molecule is C[C@@H](NCC(O)COc1ccccc1F)C1CCCC1. The minimum Gasteiger partial charge on any atom is -0.488 e. The molecule has 2 N–H and O–H groups in total. The number of aliphatic hydroxyl groups is 1. The van der Waals surface area contributed by atoms with Crippen LogP contribution in [-0.2, 0) is 0 Å². The van der Waals surface area contributed by atoms with Gasteiger partial charge in [-0.3, -0.25) is 0 Å². The molecule has 1 saturated carbocycles.